The molecule has 3 rings (SSSR count). The first-order valence-electron chi connectivity index (χ1n) is 8.26. The number of carbonyl (C=O) groups is 1. The predicted octanol–water partition coefficient (Wildman–Crippen LogP) is 2.92. The third kappa shape index (κ3) is 3.92. The molecule has 0 aliphatic carbocycles. The van der Waals surface area contributed by atoms with Crippen LogP contribution in [0, 0.1) is 0 Å². The Morgan fingerprint density at radius 2 is 2.12 bits per heavy atom. The third-order valence-electron chi connectivity index (χ3n) is 4.31. The molecule has 1 aliphatic rings. The Kier molecular flexibility index (Phi) is 5.11. The molecule has 1 aromatic heterocycles. The second-order valence-electron chi connectivity index (χ2n) is 6.15. The van der Waals surface area contributed by atoms with Gasteiger partial charge in [0.2, 0.25) is 0 Å². The van der Waals surface area contributed by atoms with Crippen LogP contribution in [0.25, 0.3) is 6.08 Å². The van der Waals surface area contributed by atoms with Gasteiger partial charge >= 0.3 is 0 Å². The molecule has 1 aromatic carbocycles. The van der Waals surface area contributed by atoms with E-state index in [0.29, 0.717) is 5.56 Å². The van der Waals surface area contributed by atoms with Crippen molar-refractivity contribution in [1.29, 1.82) is 0 Å². The number of methoxy groups -OCH3 is 1. The number of nitrogens with zero attached hydrogens (tertiary/aromatic N) is 3. The molecule has 2 heterocycles. The fourth-order valence-electron chi connectivity index (χ4n) is 3.02. The fraction of sp³-hybridized carbons (Fsp3) is 0.368. The number of ketones is 1. The summed E-state index contributed by atoms with van der Waals surface area (Å²) >= 11 is 0. The first-order valence-corrected chi connectivity index (χ1v) is 8.26. The van der Waals surface area contributed by atoms with Crippen molar-refractivity contribution in [2.24, 2.45) is 7.05 Å². The number of ether oxygens (including phenoxy) is 1. The molecule has 5 nitrogen and oxygen atoms in total. The van der Waals surface area contributed by atoms with E-state index in [0.717, 1.165) is 36.5 Å². The number of aromatic nitrogens is 2. The molecule has 5 heteroatoms. The van der Waals surface area contributed by atoms with Crippen LogP contribution in [-0.2, 0) is 13.6 Å². The molecule has 1 fully saturated rings. The van der Waals surface area contributed by atoms with Crippen LogP contribution < -0.4 is 4.74 Å². The molecule has 0 bridgehead atoms. The number of allylic oxidation sites excluding steroid dienone is 1. The number of benzene rings is 1. The molecule has 0 N–H and O–H groups in total. The van der Waals surface area contributed by atoms with Crippen LogP contribution in [-0.4, -0.2) is 40.7 Å². The summed E-state index contributed by atoms with van der Waals surface area (Å²) in [4.78, 5) is 14.6. The Morgan fingerprint density at radius 1 is 1.33 bits per heavy atom. The van der Waals surface area contributed by atoms with E-state index in [1.54, 1.807) is 37.3 Å². The van der Waals surface area contributed by atoms with Gasteiger partial charge in [0, 0.05) is 25.4 Å². The SMILES string of the molecule is COc1ccc(/C=C/C(=O)c2cnn(C)c2)cc1CN1CCCC1. The maximum Gasteiger partial charge on any atom is 0.189 e. The lowest BCUT2D eigenvalue weighted by Crippen LogP contribution is -2.18. The van der Waals surface area contributed by atoms with E-state index in [1.165, 1.54) is 12.8 Å². The molecular formula is C19H23N3O2. The molecule has 0 spiro atoms. The standard InChI is InChI=1S/C19H23N3O2/c1-21-13-17(12-20-21)18(23)7-5-15-6-8-19(24-2)16(11-15)14-22-9-3-4-10-22/h5-8,11-13H,3-4,9-10,14H2,1-2H3/b7-5+. The maximum atomic E-state index is 12.1. The van der Waals surface area contributed by atoms with Gasteiger partial charge in [-0.1, -0.05) is 12.1 Å². The first-order chi connectivity index (χ1) is 11.7. The Bertz CT molecular complexity index is 743. The number of hydrogen-bond donors (Lipinski definition) is 0. The monoisotopic (exact) mass is 325 g/mol. The summed E-state index contributed by atoms with van der Waals surface area (Å²) in [7, 11) is 3.50. The molecule has 0 atom stereocenters. The van der Waals surface area contributed by atoms with E-state index < -0.39 is 0 Å². The van der Waals surface area contributed by atoms with Crippen molar-refractivity contribution in [2.45, 2.75) is 19.4 Å². The van der Waals surface area contributed by atoms with Gasteiger partial charge < -0.3 is 4.74 Å². The van der Waals surface area contributed by atoms with Gasteiger partial charge in [0.1, 0.15) is 5.75 Å². The number of likely N-dealkylation sites (tertiary alicyclic amines) is 1. The molecule has 0 unspecified atom stereocenters. The van der Waals surface area contributed by atoms with E-state index in [9.17, 15) is 4.79 Å². The summed E-state index contributed by atoms with van der Waals surface area (Å²) in [5.41, 5.74) is 2.76. The number of rotatable bonds is 6. The summed E-state index contributed by atoms with van der Waals surface area (Å²) in [5.74, 6) is 0.859. The van der Waals surface area contributed by atoms with Crippen LogP contribution in [0.1, 0.15) is 34.3 Å². The van der Waals surface area contributed by atoms with Crippen molar-refractivity contribution in [1.82, 2.24) is 14.7 Å². The zero-order valence-electron chi connectivity index (χ0n) is 14.2. The lowest BCUT2D eigenvalue weighted by atomic mass is 10.1. The predicted molar refractivity (Wildman–Crippen MR) is 94.1 cm³/mol. The van der Waals surface area contributed by atoms with Crippen LogP contribution in [0.5, 0.6) is 5.75 Å². The van der Waals surface area contributed by atoms with E-state index >= 15 is 0 Å². The molecule has 1 aliphatic heterocycles. The van der Waals surface area contributed by atoms with Crippen molar-refractivity contribution < 1.29 is 9.53 Å². The smallest absolute Gasteiger partial charge is 0.189 e. The minimum atomic E-state index is -0.0417. The van der Waals surface area contributed by atoms with E-state index in [4.69, 9.17) is 4.74 Å². The molecule has 0 radical (unpaired) electrons. The average Bonchev–Trinajstić information content (AvgIpc) is 3.24. The second kappa shape index (κ2) is 7.45. The van der Waals surface area contributed by atoms with Crippen LogP contribution in [0.15, 0.2) is 36.7 Å². The molecule has 24 heavy (non-hydrogen) atoms. The zero-order chi connectivity index (χ0) is 16.9. The summed E-state index contributed by atoms with van der Waals surface area (Å²) in [6, 6.07) is 6.04. The number of hydrogen-bond acceptors (Lipinski definition) is 4. The van der Waals surface area contributed by atoms with Crippen LogP contribution >= 0.6 is 0 Å². The summed E-state index contributed by atoms with van der Waals surface area (Å²) in [6.45, 7) is 3.17. The van der Waals surface area contributed by atoms with Crippen molar-refractivity contribution >= 4 is 11.9 Å². The molecule has 0 amide bonds. The molecule has 0 saturated carbocycles. The van der Waals surface area contributed by atoms with Crippen LogP contribution in [0.2, 0.25) is 0 Å². The highest BCUT2D eigenvalue weighted by Gasteiger charge is 2.14. The van der Waals surface area contributed by atoms with Gasteiger partial charge in [0.25, 0.3) is 0 Å². The summed E-state index contributed by atoms with van der Waals surface area (Å²) in [6.07, 6.45) is 9.28. The van der Waals surface area contributed by atoms with Gasteiger partial charge in [-0.15, -0.1) is 0 Å². The molecule has 1 saturated heterocycles. The van der Waals surface area contributed by atoms with Gasteiger partial charge in [-0.2, -0.15) is 5.10 Å². The average molecular weight is 325 g/mol. The quantitative estimate of drug-likeness (QED) is 0.605. The van der Waals surface area contributed by atoms with Gasteiger partial charge in [-0.25, -0.2) is 0 Å². The topological polar surface area (TPSA) is 47.4 Å². The largest absolute Gasteiger partial charge is 0.496 e. The fourth-order valence-corrected chi connectivity index (χ4v) is 3.02. The van der Waals surface area contributed by atoms with Crippen LogP contribution in [0.4, 0.5) is 0 Å². The van der Waals surface area contributed by atoms with Crippen molar-refractivity contribution in [3.63, 3.8) is 0 Å². The molecule has 126 valence electrons. The van der Waals surface area contributed by atoms with Crippen LogP contribution in [0.3, 0.4) is 0 Å². The lowest BCUT2D eigenvalue weighted by molar-refractivity contribution is 0.104. The van der Waals surface area contributed by atoms with Gasteiger partial charge in [0.15, 0.2) is 5.78 Å². The minimum absolute atomic E-state index is 0.0417. The van der Waals surface area contributed by atoms with Crippen molar-refractivity contribution in [3.05, 3.63) is 53.4 Å². The third-order valence-corrected chi connectivity index (χ3v) is 4.31. The summed E-state index contributed by atoms with van der Waals surface area (Å²) < 4.78 is 7.11. The highest BCUT2D eigenvalue weighted by Crippen LogP contribution is 2.24. The van der Waals surface area contributed by atoms with E-state index in [1.807, 2.05) is 18.2 Å². The maximum absolute atomic E-state index is 12.1. The Morgan fingerprint density at radius 3 is 2.79 bits per heavy atom. The normalized spacial score (nSPS) is 15.2. The number of aryl methyl sites for hydroxylation is 1. The molecular weight excluding hydrogens is 302 g/mol. The highest BCUT2D eigenvalue weighted by atomic mass is 16.5. The Labute approximate surface area is 142 Å². The van der Waals surface area contributed by atoms with E-state index in [2.05, 4.69) is 16.1 Å². The Hall–Kier alpha value is -2.40. The first kappa shape index (κ1) is 16.5. The highest BCUT2D eigenvalue weighted by molar-refractivity contribution is 6.06. The van der Waals surface area contributed by atoms with Crippen molar-refractivity contribution in [2.75, 3.05) is 20.2 Å². The van der Waals surface area contributed by atoms with Gasteiger partial charge in [-0.05, 0) is 49.7 Å². The Balaban J connectivity index is 1.75. The lowest BCUT2D eigenvalue weighted by Gasteiger charge is -2.17. The zero-order valence-corrected chi connectivity index (χ0v) is 14.2. The molecule has 2 aromatic rings. The van der Waals surface area contributed by atoms with E-state index in [-0.39, 0.29) is 5.78 Å². The van der Waals surface area contributed by atoms with Gasteiger partial charge in [0.05, 0.1) is 18.9 Å². The minimum Gasteiger partial charge on any atom is -0.496 e. The van der Waals surface area contributed by atoms with Crippen molar-refractivity contribution in [3.8, 4) is 5.75 Å². The second-order valence-corrected chi connectivity index (χ2v) is 6.15. The summed E-state index contributed by atoms with van der Waals surface area (Å²) in [5, 5.41) is 4.03. The number of carbonyl (C=O) groups excluding carboxylic acids is 1. The van der Waals surface area contributed by atoms with Gasteiger partial charge in [-0.3, -0.25) is 14.4 Å².